The Morgan fingerprint density at radius 3 is 2.12 bits per heavy atom. The highest BCUT2D eigenvalue weighted by atomic mass is 16.3. The first-order valence-corrected chi connectivity index (χ1v) is 14.2. The van der Waals surface area contributed by atoms with Crippen molar-refractivity contribution < 1.29 is 4.42 Å². The molecule has 0 unspecified atom stereocenters. The fourth-order valence-corrected chi connectivity index (χ4v) is 6.11. The Hall–Kier alpha value is -5.29. The first-order valence-electron chi connectivity index (χ1n) is 14.2. The van der Waals surface area contributed by atoms with E-state index in [9.17, 15) is 0 Å². The molecular formula is C37H28N4O. The first kappa shape index (κ1) is 24.5. The third-order valence-corrected chi connectivity index (χ3v) is 8.23. The number of benzene rings is 5. The van der Waals surface area contributed by atoms with E-state index in [0.29, 0.717) is 5.82 Å². The number of hydrogen-bond donors (Lipinski definition) is 0. The van der Waals surface area contributed by atoms with E-state index in [4.69, 9.17) is 4.42 Å². The lowest BCUT2D eigenvalue weighted by atomic mass is 9.87. The highest BCUT2D eigenvalue weighted by molar-refractivity contribution is 6.13. The van der Waals surface area contributed by atoms with Gasteiger partial charge < -0.3 is 8.98 Å². The minimum atomic E-state index is 0.113. The standard InChI is InChI=1S/C37H28N4O/c1-37(2,3)25-13-15-26(16-14-25)41-31-9-5-4-7-27(31)29-19-23(11-17-32(29)41)24-12-18-33-30(20-24)35-28(8-6-10-34(35)42-33)36-39-21-38-22-40-36/h4-22H,1-3H3. The van der Waals surface area contributed by atoms with Crippen LogP contribution in [0.25, 0.3) is 71.9 Å². The second-order valence-corrected chi connectivity index (χ2v) is 11.8. The van der Waals surface area contributed by atoms with E-state index in [2.05, 4.69) is 125 Å². The molecule has 0 spiro atoms. The average molecular weight is 545 g/mol. The lowest BCUT2D eigenvalue weighted by molar-refractivity contribution is 0.590. The molecule has 3 heterocycles. The molecule has 0 saturated heterocycles. The van der Waals surface area contributed by atoms with Gasteiger partial charge in [-0.3, -0.25) is 0 Å². The Bertz CT molecular complexity index is 2270. The first-order chi connectivity index (χ1) is 20.5. The van der Waals surface area contributed by atoms with Gasteiger partial charge in [0.15, 0.2) is 5.82 Å². The van der Waals surface area contributed by atoms with Crippen molar-refractivity contribution in [2.24, 2.45) is 0 Å². The van der Waals surface area contributed by atoms with E-state index >= 15 is 0 Å². The lowest BCUT2D eigenvalue weighted by Gasteiger charge is -2.19. The molecule has 0 amide bonds. The second kappa shape index (κ2) is 9.11. The summed E-state index contributed by atoms with van der Waals surface area (Å²) in [6, 6.07) is 36.8. The molecule has 8 rings (SSSR count). The fraction of sp³-hybridized carbons (Fsp3) is 0.108. The quantitative estimate of drug-likeness (QED) is 0.222. The maximum absolute atomic E-state index is 6.24. The maximum Gasteiger partial charge on any atom is 0.163 e. The van der Waals surface area contributed by atoms with Gasteiger partial charge in [0.1, 0.15) is 23.8 Å². The monoisotopic (exact) mass is 544 g/mol. The van der Waals surface area contributed by atoms with Gasteiger partial charge in [-0.2, -0.15) is 0 Å². The summed E-state index contributed by atoms with van der Waals surface area (Å²) in [4.78, 5) is 12.8. The van der Waals surface area contributed by atoms with Gasteiger partial charge >= 0.3 is 0 Å². The number of furan rings is 1. The van der Waals surface area contributed by atoms with Crippen molar-refractivity contribution in [1.82, 2.24) is 19.5 Å². The molecule has 0 N–H and O–H groups in total. The molecule has 0 saturated carbocycles. The van der Waals surface area contributed by atoms with Gasteiger partial charge in [-0.15, -0.1) is 0 Å². The Morgan fingerprint density at radius 2 is 1.33 bits per heavy atom. The number of aromatic nitrogens is 4. The zero-order valence-corrected chi connectivity index (χ0v) is 23.7. The third-order valence-electron chi connectivity index (χ3n) is 8.23. The predicted octanol–water partition coefficient (Wildman–Crippen LogP) is 9.50. The van der Waals surface area contributed by atoms with Gasteiger partial charge in [-0.1, -0.05) is 75.4 Å². The van der Waals surface area contributed by atoms with E-state index in [0.717, 1.165) is 38.6 Å². The highest BCUT2D eigenvalue weighted by Crippen LogP contribution is 2.39. The average Bonchev–Trinajstić information content (AvgIpc) is 3.56. The van der Waals surface area contributed by atoms with Crippen molar-refractivity contribution in [1.29, 1.82) is 0 Å². The fourth-order valence-electron chi connectivity index (χ4n) is 6.11. The molecule has 0 aliphatic carbocycles. The zero-order valence-electron chi connectivity index (χ0n) is 23.7. The van der Waals surface area contributed by atoms with Crippen LogP contribution in [0, 0.1) is 0 Å². The van der Waals surface area contributed by atoms with Crippen LogP contribution in [-0.2, 0) is 5.41 Å². The largest absolute Gasteiger partial charge is 0.456 e. The molecule has 0 radical (unpaired) electrons. The van der Waals surface area contributed by atoms with Crippen LogP contribution in [0.3, 0.4) is 0 Å². The zero-order chi connectivity index (χ0) is 28.4. The van der Waals surface area contributed by atoms with E-state index < -0.39 is 0 Å². The van der Waals surface area contributed by atoms with Crippen LogP contribution < -0.4 is 0 Å². The van der Waals surface area contributed by atoms with E-state index in [1.165, 1.54) is 45.7 Å². The van der Waals surface area contributed by atoms with Crippen molar-refractivity contribution in [2.75, 3.05) is 0 Å². The molecule has 3 aromatic heterocycles. The van der Waals surface area contributed by atoms with Crippen LogP contribution in [0.4, 0.5) is 0 Å². The minimum absolute atomic E-state index is 0.113. The minimum Gasteiger partial charge on any atom is -0.456 e. The Balaban J connectivity index is 1.31. The van der Waals surface area contributed by atoms with E-state index in [1.807, 2.05) is 18.2 Å². The van der Waals surface area contributed by atoms with Crippen molar-refractivity contribution in [2.45, 2.75) is 26.2 Å². The summed E-state index contributed by atoms with van der Waals surface area (Å²) in [6.07, 6.45) is 3.05. The molecule has 0 bridgehead atoms. The Labute approximate surface area is 243 Å². The summed E-state index contributed by atoms with van der Waals surface area (Å²) in [5, 5.41) is 4.52. The highest BCUT2D eigenvalue weighted by Gasteiger charge is 2.18. The molecule has 5 heteroatoms. The van der Waals surface area contributed by atoms with E-state index in [-0.39, 0.29) is 5.41 Å². The van der Waals surface area contributed by atoms with Gasteiger partial charge in [0.2, 0.25) is 0 Å². The van der Waals surface area contributed by atoms with Crippen LogP contribution in [0.2, 0.25) is 0 Å². The molecule has 0 atom stereocenters. The topological polar surface area (TPSA) is 56.7 Å². The van der Waals surface area contributed by atoms with Crippen LogP contribution >= 0.6 is 0 Å². The van der Waals surface area contributed by atoms with Gasteiger partial charge in [0, 0.05) is 32.8 Å². The number of fused-ring (bicyclic) bond motifs is 6. The summed E-state index contributed by atoms with van der Waals surface area (Å²) in [7, 11) is 0. The van der Waals surface area contributed by atoms with Crippen LogP contribution in [0.15, 0.2) is 120 Å². The molecule has 202 valence electrons. The van der Waals surface area contributed by atoms with Gasteiger partial charge in [0.05, 0.1) is 11.0 Å². The molecule has 5 aromatic carbocycles. The smallest absolute Gasteiger partial charge is 0.163 e. The third kappa shape index (κ3) is 3.81. The Kier molecular flexibility index (Phi) is 5.32. The summed E-state index contributed by atoms with van der Waals surface area (Å²) >= 11 is 0. The van der Waals surface area contributed by atoms with Crippen LogP contribution in [-0.4, -0.2) is 19.5 Å². The molecule has 42 heavy (non-hydrogen) atoms. The summed E-state index contributed by atoms with van der Waals surface area (Å²) in [6.45, 7) is 6.75. The molecule has 0 aliphatic rings. The van der Waals surface area contributed by atoms with Gasteiger partial charge in [0.25, 0.3) is 0 Å². The van der Waals surface area contributed by atoms with Crippen LogP contribution in [0.1, 0.15) is 26.3 Å². The second-order valence-electron chi connectivity index (χ2n) is 11.8. The Morgan fingerprint density at radius 1 is 0.619 bits per heavy atom. The van der Waals surface area contributed by atoms with Gasteiger partial charge in [-0.05, 0) is 70.6 Å². The number of nitrogens with zero attached hydrogens (tertiary/aromatic N) is 4. The summed E-state index contributed by atoms with van der Waals surface area (Å²) < 4.78 is 8.61. The van der Waals surface area contributed by atoms with Crippen molar-refractivity contribution >= 4 is 43.7 Å². The lowest BCUT2D eigenvalue weighted by Crippen LogP contribution is -2.10. The van der Waals surface area contributed by atoms with E-state index in [1.54, 1.807) is 0 Å². The van der Waals surface area contributed by atoms with Crippen molar-refractivity contribution in [3.8, 4) is 28.2 Å². The number of para-hydroxylation sites is 1. The normalized spacial score (nSPS) is 12.2. The maximum atomic E-state index is 6.24. The van der Waals surface area contributed by atoms with Crippen molar-refractivity contribution in [3.63, 3.8) is 0 Å². The molecule has 0 aliphatic heterocycles. The summed E-state index contributed by atoms with van der Waals surface area (Å²) in [5.74, 6) is 0.633. The predicted molar refractivity (Wildman–Crippen MR) is 171 cm³/mol. The molecular weight excluding hydrogens is 516 g/mol. The molecule has 0 fully saturated rings. The van der Waals surface area contributed by atoms with Crippen LogP contribution in [0.5, 0.6) is 0 Å². The number of hydrogen-bond acceptors (Lipinski definition) is 4. The SMILES string of the molecule is CC(C)(C)c1ccc(-n2c3ccccc3c3cc(-c4ccc5oc6cccc(-c7ncncn7)c6c5c4)ccc32)cc1. The number of rotatable bonds is 3. The van der Waals surface area contributed by atoms with Gasteiger partial charge in [-0.25, -0.2) is 15.0 Å². The molecule has 5 nitrogen and oxygen atoms in total. The molecule has 8 aromatic rings. The van der Waals surface area contributed by atoms with Crippen molar-refractivity contribution in [3.05, 3.63) is 121 Å². The summed E-state index contributed by atoms with van der Waals surface area (Å²) in [5.41, 5.74) is 9.87.